The Morgan fingerprint density at radius 1 is 1.53 bits per heavy atom. The molecule has 0 saturated carbocycles. The summed E-state index contributed by atoms with van der Waals surface area (Å²) in [7, 11) is -3.15. The number of sulfonamides is 1. The summed E-state index contributed by atoms with van der Waals surface area (Å²) in [5.74, 6) is 0.759. The molecule has 0 aliphatic carbocycles. The molecule has 0 radical (unpaired) electrons. The summed E-state index contributed by atoms with van der Waals surface area (Å²) in [6.45, 7) is 4.14. The van der Waals surface area contributed by atoms with Gasteiger partial charge in [-0.2, -0.15) is 4.31 Å². The molecule has 17 heavy (non-hydrogen) atoms. The standard InChI is InChI=1S/C11H17N3O2S/c1-3-17(15,16)14-8-4-5-10(14)11-12-7-6-9(2)13-11/h6-7,10H,3-5,8H2,1-2H3/t10-/m0/s1. The number of hydrogen-bond acceptors (Lipinski definition) is 4. The van der Waals surface area contributed by atoms with E-state index in [2.05, 4.69) is 9.97 Å². The van der Waals surface area contributed by atoms with Crippen LogP contribution in [-0.4, -0.2) is 35.0 Å². The Balaban J connectivity index is 2.32. The fourth-order valence-corrected chi connectivity index (χ4v) is 3.45. The summed E-state index contributed by atoms with van der Waals surface area (Å²) < 4.78 is 25.4. The topological polar surface area (TPSA) is 63.2 Å². The Morgan fingerprint density at radius 2 is 2.29 bits per heavy atom. The molecular formula is C11H17N3O2S. The first-order chi connectivity index (χ1) is 8.04. The van der Waals surface area contributed by atoms with E-state index in [1.807, 2.05) is 13.0 Å². The molecule has 0 amide bonds. The SMILES string of the molecule is CCS(=O)(=O)N1CCC[C@H]1c1nccc(C)n1. The van der Waals surface area contributed by atoms with Crippen LogP contribution in [0.25, 0.3) is 0 Å². The number of rotatable bonds is 3. The van der Waals surface area contributed by atoms with E-state index >= 15 is 0 Å². The molecule has 0 spiro atoms. The van der Waals surface area contributed by atoms with E-state index in [9.17, 15) is 8.42 Å². The molecule has 5 nitrogen and oxygen atoms in total. The molecule has 1 atom stereocenters. The normalized spacial score (nSPS) is 21.9. The van der Waals surface area contributed by atoms with Crippen molar-refractivity contribution in [2.24, 2.45) is 0 Å². The molecule has 1 fully saturated rings. The molecule has 0 bridgehead atoms. The quantitative estimate of drug-likeness (QED) is 0.816. The van der Waals surface area contributed by atoms with Crippen molar-refractivity contribution >= 4 is 10.0 Å². The van der Waals surface area contributed by atoms with E-state index in [1.54, 1.807) is 17.4 Å². The summed E-state index contributed by atoms with van der Waals surface area (Å²) in [6, 6.07) is 1.64. The van der Waals surface area contributed by atoms with Gasteiger partial charge in [-0.1, -0.05) is 0 Å². The lowest BCUT2D eigenvalue weighted by Gasteiger charge is -2.22. The molecule has 1 aromatic heterocycles. The van der Waals surface area contributed by atoms with Crippen LogP contribution in [0.15, 0.2) is 12.3 Å². The minimum atomic E-state index is -3.15. The summed E-state index contributed by atoms with van der Waals surface area (Å²) in [5.41, 5.74) is 0.871. The highest BCUT2D eigenvalue weighted by atomic mass is 32.2. The van der Waals surface area contributed by atoms with E-state index in [0.717, 1.165) is 18.5 Å². The highest BCUT2D eigenvalue weighted by Crippen LogP contribution is 2.32. The van der Waals surface area contributed by atoms with Crippen molar-refractivity contribution in [1.82, 2.24) is 14.3 Å². The van der Waals surface area contributed by atoms with Gasteiger partial charge < -0.3 is 0 Å². The average Bonchev–Trinajstić information content (AvgIpc) is 2.78. The molecule has 94 valence electrons. The molecular weight excluding hydrogens is 238 g/mol. The molecule has 2 heterocycles. The molecule has 1 aromatic rings. The lowest BCUT2D eigenvalue weighted by molar-refractivity contribution is 0.383. The lowest BCUT2D eigenvalue weighted by Crippen LogP contribution is -2.32. The second-order valence-electron chi connectivity index (χ2n) is 4.23. The van der Waals surface area contributed by atoms with Gasteiger partial charge in [-0.05, 0) is 32.8 Å². The van der Waals surface area contributed by atoms with Crippen molar-refractivity contribution in [3.05, 3.63) is 23.8 Å². The maximum absolute atomic E-state index is 11.9. The molecule has 0 aromatic carbocycles. The molecule has 1 aliphatic rings. The highest BCUT2D eigenvalue weighted by Gasteiger charge is 2.35. The molecule has 0 unspecified atom stereocenters. The zero-order valence-electron chi connectivity index (χ0n) is 10.1. The van der Waals surface area contributed by atoms with Gasteiger partial charge in [-0.3, -0.25) is 0 Å². The number of nitrogens with zero attached hydrogens (tertiary/aromatic N) is 3. The first kappa shape index (κ1) is 12.4. The number of hydrogen-bond donors (Lipinski definition) is 0. The summed E-state index contributed by atoms with van der Waals surface area (Å²) >= 11 is 0. The Bertz CT molecular complexity index is 501. The van der Waals surface area contributed by atoms with Crippen molar-refractivity contribution < 1.29 is 8.42 Å². The fraction of sp³-hybridized carbons (Fsp3) is 0.636. The molecule has 1 aliphatic heterocycles. The van der Waals surface area contributed by atoms with Gasteiger partial charge in [-0.25, -0.2) is 18.4 Å². The third kappa shape index (κ3) is 2.47. The van der Waals surface area contributed by atoms with Gasteiger partial charge in [0.1, 0.15) is 5.82 Å². The first-order valence-corrected chi connectivity index (χ1v) is 7.44. The third-order valence-electron chi connectivity index (χ3n) is 3.04. The van der Waals surface area contributed by atoms with Crippen molar-refractivity contribution in [2.45, 2.75) is 32.7 Å². The van der Waals surface area contributed by atoms with Crippen molar-refractivity contribution in [3.8, 4) is 0 Å². The van der Waals surface area contributed by atoms with Crippen LogP contribution in [0.1, 0.15) is 37.3 Å². The van der Waals surface area contributed by atoms with Crippen LogP contribution in [0.3, 0.4) is 0 Å². The van der Waals surface area contributed by atoms with E-state index in [-0.39, 0.29) is 11.8 Å². The summed E-state index contributed by atoms with van der Waals surface area (Å²) in [6.07, 6.45) is 3.37. The molecule has 1 saturated heterocycles. The highest BCUT2D eigenvalue weighted by molar-refractivity contribution is 7.89. The fourth-order valence-electron chi connectivity index (χ4n) is 2.13. The van der Waals surface area contributed by atoms with Crippen LogP contribution in [0.4, 0.5) is 0 Å². The monoisotopic (exact) mass is 255 g/mol. The van der Waals surface area contributed by atoms with Crippen LogP contribution in [-0.2, 0) is 10.0 Å². The molecule has 2 rings (SSSR count). The smallest absolute Gasteiger partial charge is 0.214 e. The van der Waals surface area contributed by atoms with Crippen LogP contribution in [0, 0.1) is 6.92 Å². The molecule has 6 heteroatoms. The van der Waals surface area contributed by atoms with Crippen LogP contribution in [0.2, 0.25) is 0 Å². The van der Waals surface area contributed by atoms with E-state index < -0.39 is 10.0 Å². The minimum Gasteiger partial charge on any atom is -0.240 e. The summed E-state index contributed by atoms with van der Waals surface area (Å²) in [4.78, 5) is 8.54. The predicted molar refractivity (Wildman–Crippen MR) is 64.9 cm³/mol. The Morgan fingerprint density at radius 3 is 2.94 bits per heavy atom. The lowest BCUT2D eigenvalue weighted by atomic mass is 10.2. The third-order valence-corrected chi connectivity index (χ3v) is 4.92. The van der Waals surface area contributed by atoms with Gasteiger partial charge in [0.2, 0.25) is 10.0 Å². The van der Waals surface area contributed by atoms with Gasteiger partial charge in [-0.15, -0.1) is 0 Å². The number of aryl methyl sites for hydroxylation is 1. The van der Waals surface area contributed by atoms with Gasteiger partial charge in [0, 0.05) is 18.4 Å². The first-order valence-electron chi connectivity index (χ1n) is 5.83. The van der Waals surface area contributed by atoms with Crippen molar-refractivity contribution in [1.29, 1.82) is 0 Å². The summed E-state index contributed by atoms with van der Waals surface area (Å²) in [5, 5.41) is 0. The van der Waals surface area contributed by atoms with Gasteiger partial charge in [0.25, 0.3) is 0 Å². The van der Waals surface area contributed by atoms with Gasteiger partial charge >= 0.3 is 0 Å². The van der Waals surface area contributed by atoms with Crippen LogP contribution >= 0.6 is 0 Å². The van der Waals surface area contributed by atoms with Gasteiger partial charge in [0.15, 0.2) is 0 Å². The minimum absolute atomic E-state index is 0.134. The Hall–Kier alpha value is -1.01. The largest absolute Gasteiger partial charge is 0.240 e. The zero-order valence-corrected chi connectivity index (χ0v) is 10.9. The van der Waals surface area contributed by atoms with E-state index in [4.69, 9.17) is 0 Å². The maximum Gasteiger partial charge on any atom is 0.214 e. The van der Waals surface area contributed by atoms with Crippen molar-refractivity contribution in [2.75, 3.05) is 12.3 Å². The second kappa shape index (κ2) is 4.70. The van der Waals surface area contributed by atoms with E-state index in [1.165, 1.54) is 0 Å². The Kier molecular flexibility index (Phi) is 3.44. The zero-order chi connectivity index (χ0) is 12.5. The van der Waals surface area contributed by atoms with Gasteiger partial charge in [0.05, 0.1) is 11.8 Å². The van der Waals surface area contributed by atoms with Crippen LogP contribution < -0.4 is 0 Å². The Labute approximate surface area is 102 Å². The average molecular weight is 255 g/mol. The number of aromatic nitrogens is 2. The van der Waals surface area contributed by atoms with Crippen molar-refractivity contribution in [3.63, 3.8) is 0 Å². The molecule has 0 N–H and O–H groups in total. The van der Waals surface area contributed by atoms with E-state index in [0.29, 0.717) is 12.4 Å². The maximum atomic E-state index is 11.9. The predicted octanol–water partition coefficient (Wildman–Crippen LogP) is 1.27. The van der Waals surface area contributed by atoms with Crippen LogP contribution in [0.5, 0.6) is 0 Å². The second-order valence-corrected chi connectivity index (χ2v) is 6.44.